The number of furan rings is 1. The molecule has 0 radical (unpaired) electrons. The molecule has 0 spiro atoms. The summed E-state index contributed by atoms with van der Waals surface area (Å²) in [6.07, 6.45) is 5.74. The Morgan fingerprint density at radius 2 is 1.46 bits per heavy atom. The third-order valence-electron chi connectivity index (χ3n) is 11.1. The van der Waals surface area contributed by atoms with Gasteiger partial charge in [-0.1, -0.05) is 110 Å². The Kier molecular flexibility index (Phi) is 5.67. The Labute approximate surface area is 301 Å². The molecule has 1 unspecified atom stereocenters. The van der Waals surface area contributed by atoms with E-state index in [1.165, 1.54) is 58.4 Å². The fourth-order valence-electron chi connectivity index (χ4n) is 8.86. The van der Waals surface area contributed by atoms with Crippen molar-refractivity contribution in [2.45, 2.75) is 13.3 Å². The average Bonchev–Trinajstić information content (AvgIpc) is 3.87. The van der Waals surface area contributed by atoms with Gasteiger partial charge in [-0.15, -0.1) is 11.3 Å². The minimum atomic E-state index is 0.454. The van der Waals surface area contributed by atoms with Crippen molar-refractivity contribution in [1.29, 1.82) is 0 Å². The molecule has 0 amide bonds. The normalized spacial score (nSPS) is 14.7. The Hall–Kier alpha value is -6.30. The molecule has 0 N–H and O–H groups in total. The van der Waals surface area contributed by atoms with Crippen molar-refractivity contribution in [1.82, 2.24) is 14.5 Å². The second kappa shape index (κ2) is 10.4. The van der Waals surface area contributed by atoms with Crippen molar-refractivity contribution >= 4 is 103 Å². The minimum absolute atomic E-state index is 0.454. The van der Waals surface area contributed by atoms with E-state index in [2.05, 4.69) is 151 Å². The van der Waals surface area contributed by atoms with Crippen LogP contribution in [0, 0.1) is 5.92 Å². The van der Waals surface area contributed by atoms with Crippen molar-refractivity contribution < 1.29 is 4.42 Å². The van der Waals surface area contributed by atoms with E-state index in [1.807, 2.05) is 11.3 Å². The highest BCUT2D eigenvalue weighted by atomic mass is 32.1. The van der Waals surface area contributed by atoms with Gasteiger partial charge in [0.1, 0.15) is 11.2 Å². The van der Waals surface area contributed by atoms with Crippen LogP contribution < -0.4 is 0 Å². The van der Waals surface area contributed by atoms with Gasteiger partial charge in [-0.3, -0.25) is 4.57 Å². The Morgan fingerprint density at radius 3 is 2.38 bits per heavy atom. The molecule has 52 heavy (non-hydrogen) atoms. The highest BCUT2D eigenvalue weighted by Crippen LogP contribution is 2.49. The molecule has 4 heterocycles. The first kappa shape index (κ1) is 28.4. The van der Waals surface area contributed by atoms with Crippen LogP contribution in [0.1, 0.15) is 18.1 Å². The quantitative estimate of drug-likeness (QED) is 0.182. The number of hydrogen-bond donors (Lipinski definition) is 0. The highest BCUT2D eigenvalue weighted by molar-refractivity contribution is 7.26. The van der Waals surface area contributed by atoms with E-state index >= 15 is 0 Å². The maximum Gasteiger partial charge on any atom is 0.235 e. The van der Waals surface area contributed by atoms with E-state index in [0.29, 0.717) is 11.9 Å². The summed E-state index contributed by atoms with van der Waals surface area (Å²) >= 11 is 1.87. The molecule has 5 heteroatoms. The van der Waals surface area contributed by atoms with Crippen LogP contribution in [0.3, 0.4) is 0 Å². The number of fused-ring (bicyclic) bond motifs is 16. The molecule has 1 aliphatic carbocycles. The van der Waals surface area contributed by atoms with Crippen molar-refractivity contribution in [3.63, 3.8) is 0 Å². The van der Waals surface area contributed by atoms with Crippen LogP contribution in [0.25, 0.3) is 109 Å². The Morgan fingerprint density at radius 1 is 0.673 bits per heavy atom. The van der Waals surface area contributed by atoms with Crippen LogP contribution in [-0.2, 0) is 6.42 Å². The standard InChI is InChI=1S/C47H29N3OS/c1-26-18-21-30-35(24-26)42-32-13-5-8-16-37(32)50(45(42)46-43(30)34-14-6-9-17-40(34)52-46)47-48-36-15-7-4-12-31(36)44(49-47)28-19-22-33-39(25-28)51-38-23-20-27-10-2-3-11-29(27)41(33)38/h2-23,25-26H,24H2,1H3. The van der Waals surface area contributed by atoms with Gasteiger partial charge in [0.05, 0.1) is 26.9 Å². The first-order valence-corrected chi connectivity index (χ1v) is 18.7. The van der Waals surface area contributed by atoms with Gasteiger partial charge in [-0.2, -0.15) is 0 Å². The van der Waals surface area contributed by atoms with Gasteiger partial charge in [-0.05, 0) is 70.6 Å². The van der Waals surface area contributed by atoms with Crippen LogP contribution in [-0.4, -0.2) is 14.5 Å². The minimum Gasteiger partial charge on any atom is -0.456 e. The number of hydrogen-bond acceptors (Lipinski definition) is 4. The number of thiophene rings is 1. The lowest BCUT2D eigenvalue weighted by Gasteiger charge is -2.19. The largest absolute Gasteiger partial charge is 0.456 e. The smallest absolute Gasteiger partial charge is 0.235 e. The third kappa shape index (κ3) is 3.81. The monoisotopic (exact) mass is 683 g/mol. The molecule has 11 aromatic rings. The highest BCUT2D eigenvalue weighted by Gasteiger charge is 2.27. The van der Waals surface area contributed by atoms with Gasteiger partial charge in [0, 0.05) is 48.0 Å². The molecular formula is C47H29N3OS. The van der Waals surface area contributed by atoms with Crippen LogP contribution in [0.2, 0.25) is 0 Å². The molecule has 1 atom stereocenters. The molecule has 0 bridgehead atoms. The summed E-state index contributed by atoms with van der Waals surface area (Å²) in [4.78, 5) is 10.9. The van der Waals surface area contributed by atoms with Gasteiger partial charge in [-0.25, -0.2) is 9.97 Å². The molecule has 0 aliphatic heterocycles. The summed E-state index contributed by atoms with van der Waals surface area (Å²) in [7, 11) is 0. The van der Waals surface area contributed by atoms with Crippen LogP contribution >= 0.6 is 11.3 Å². The molecule has 244 valence electrons. The molecular weight excluding hydrogens is 655 g/mol. The van der Waals surface area contributed by atoms with Crippen LogP contribution in [0.5, 0.6) is 0 Å². The zero-order valence-corrected chi connectivity index (χ0v) is 29.0. The summed E-state index contributed by atoms with van der Waals surface area (Å²) in [5.74, 6) is 1.13. The van der Waals surface area contributed by atoms with Crippen molar-refractivity contribution in [3.05, 3.63) is 145 Å². The molecule has 12 rings (SSSR count). The second-order valence-electron chi connectivity index (χ2n) is 14.2. The maximum atomic E-state index is 6.54. The lowest BCUT2D eigenvalue weighted by atomic mass is 9.85. The number of rotatable bonds is 2. The SMILES string of the molecule is CC1C=Cc2c(c3c4ccccc4n(-c4nc(-c5ccc6c(c5)oc5ccc7ccccc7c56)c5ccccc5n4)c3c3sc4ccccc4c23)C1. The van der Waals surface area contributed by atoms with E-state index in [4.69, 9.17) is 14.4 Å². The summed E-state index contributed by atoms with van der Waals surface area (Å²) in [6, 6.07) is 45.3. The van der Waals surface area contributed by atoms with Gasteiger partial charge in [0.15, 0.2) is 0 Å². The van der Waals surface area contributed by atoms with Crippen LogP contribution in [0.15, 0.2) is 138 Å². The van der Waals surface area contributed by atoms with E-state index in [-0.39, 0.29) is 0 Å². The second-order valence-corrected chi connectivity index (χ2v) is 15.2. The van der Waals surface area contributed by atoms with Crippen molar-refractivity contribution in [3.8, 4) is 17.2 Å². The summed E-state index contributed by atoms with van der Waals surface area (Å²) in [5.41, 5.74) is 9.63. The molecule has 0 saturated carbocycles. The first-order valence-electron chi connectivity index (χ1n) is 17.9. The van der Waals surface area contributed by atoms with E-state index in [9.17, 15) is 0 Å². The fourth-order valence-corrected chi connectivity index (χ4v) is 10.1. The predicted octanol–water partition coefficient (Wildman–Crippen LogP) is 13.0. The van der Waals surface area contributed by atoms with Crippen molar-refractivity contribution in [2.24, 2.45) is 5.92 Å². The molecule has 7 aromatic carbocycles. The van der Waals surface area contributed by atoms with Crippen LogP contribution in [0.4, 0.5) is 0 Å². The lowest BCUT2D eigenvalue weighted by Crippen LogP contribution is -2.06. The lowest BCUT2D eigenvalue weighted by molar-refractivity contribution is 0.669. The van der Waals surface area contributed by atoms with E-state index in [0.717, 1.165) is 56.0 Å². The number of para-hydroxylation sites is 2. The van der Waals surface area contributed by atoms with Gasteiger partial charge < -0.3 is 4.42 Å². The molecule has 1 aliphatic rings. The zero-order valence-electron chi connectivity index (χ0n) is 28.2. The zero-order chi connectivity index (χ0) is 34.1. The van der Waals surface area contributed by atoms with Crippen molar-refractivity contribution in [2.75, 3.05) is 0 Å². The number of allylic oxidation sites excluding steroid dienone is 1. The number of aromatic nitrogens is 3. The first-order chi connectivity index (χ1) is 25.7. The van der Waals surface area contributed by atoms with E-state index < -0.39 is 0 Å². The molecule has 0 saturated heterocycles. The predicted molar refractivity (Wildman–Crippen MR) is 219 cm³/mol. The Balaban J connectivity index is 1.19. The maximum absolute atomic E-state index is 6.54. The fraction of sp³-hybridized carbons (Fsp3) is 0.0638. The summed E-state index contributed by atoms with van der Waals surface area (Å²) in [6.45, 7) is 2.32. The average molecular weight is 684 g/mol. The summed E-state index contributed by atoms with van der Waals surface area (Å²) < 4.78 is 11.5. The van der Waals surface area contributed by atoms with Gasteiger partial charge >= 0.3 is 0 Å². The molecule has 4 aromatic heterocycles. The van der Waals surface area contributed by atoms with Gasteiger partial charge in [0.2, 0.25) is 5.95 Å². The topological polar surface area (TPSA) is 43.9 Å². The van der Waals surface area contributed by atoms with E-state index in [1.54, 1.807) is 0 Å². The van der Waals surface area contributed by atoms with Gasteiger partial charge in [0.25, 0.3) is 0 Å². The Bertz CT molecular complexity index is 3360. The number of benzene rings is 7. The summed E-state index contributed by atoms with van der Waals surface area (Å²) in [5, 5.41) is 10.9. The number of nitrogens with zero attached hydrogens (tertiary/aromatic N) is 3. The third-order valence-corrected chi connectivity index (χ3v) is 12.3. The molecule has 0 fully saturated rings. The molecule has 4 nitrogen and oxygen atoms in total.